The Morgan fingerprint density at radius 2 is 1.90 bits per heavy atom. The fourth-order valence-corrected chi connectivity index (χ4v) is 2.57. The predicted octanol–water partition coefficient (Wildman–Crippen LogP) is 4.68. The number of aryl methyl sites for hydroxylation is 1. The first kappa shape index (κ1) is 15.7. The van der Waals surface area contributed by atoms with E-state index in [1.807, 2.05) is 25.1 Å². The van der Waals surface area contributed by atoms with Gasteiger partial charge in [-0.25, -0.2) is 0 Å². The number of carbonyl (C=O) groups excluding carboxylic acids is 1. The van der Waals surface area contributed by atoms with Crippen LogP contribution >= 0.6 is 31.9 Å². The third kappa shape index (κ3) is 3.89. The molecule has 0 aliphatic carbocycles. The third-order valence-electron chi connectivity index (χ3n) is 2.73. The van der Waals surface area contributed by atoms with Crippen molar-refractivity contribution in [3.63, 3.8) is 0 Å². The third-order valence-corrected chi connectivity index (χ3v) is 3.87. The Bertz CT molecular complexity index is 732. The summed E-state index contributed by atoms with van der Waals surface area (Å²) in [5.74, 6) is -0.411. The molecule has 0 heterocycles. The van der Waals surface area contributed by atoms with Crippen molar-refractivity contribution in [3.05, 3.63) is 66.6 Å². The normalized spacial score (nSPS) is 10.2. The number of benzene rings is 2. The van der Waals surface area contributed by atoms with Crippen LogP contribution in [-0.2, 0) is 0 Å². The van der Waals surface area contributed by atoms with Crippen molar-refractivity contribution in [2.75, 3.05) is 5.32 Å². The van der Waals surface area contributed by atoms with Gasteiger partial charge >= 0.3 is 0 Å². The monoisotopic (exact) mass is 412 g/mol. The number of nitrogens with one attached hydrogen (secondary N) is 1. The SMILES string of the molecule is Cc1ccc(Br)c(NC(=O)c2cc(Br)cc([N+](=O)[O-])c2)c1. The Balaban J connectivity index is 2.32. The van der Waals surface area contributed by atoms with Crippen LogP contribution in [0.1, 0.15) is 15.9 Å². The number of nitro benzene ring substituents is 1. The van der Waals surface area contributed by atoms with Gasteiger partial charge in [0.1, 0.15) is 0 Å². The van der Waals surface area contributed by atoms with Crippen molar-refractivity contribution in [1.82, 2.24) is 0 Å². The molecule has 0 spiro atoms. The topological polar surface area (TPSA) is 72.2 Å². The summed E-state index contributed by atoms with van der Waals surface area (Å²) in [4.78, 5) is 22.5. The van der Waals surface area contributed by atoms with E-state index in [1.54, 1.807) is 0 Å². The molecule has 0 aliphatic rings. The second kappa shape index (κ2) is 6.36. The molecule has 0 aliphatic heterocycles. The van der Waals surface area contributed by atoms with Gasteiger partial charge in [0.25, 0.3) is 11.6 Å². The Hall–Kier alpha value is -1.73. The number of hydrogen-bond donors (Lipinski definition) is 1. The van der Waals surface area contributed by atoms with E-state index >= 15 is 0 Å². The Morgan fingerprint density at radius 3 is 2.57 bits per heavy atom. The molecule has 0 saturated carbocycles. The maximum absolute atomic E-state index is 12.2. The molecule has 1 N–H and O–H groups in total. The molecule has 21 heavy (non-hydrogen) atoms. The summed E-state index contributed by atoms with van der Waals surface area (Å²) in [6, 6.07) is 9.67. The molecule has 1 amide bonds. The lowest BCUT2D eigenvalue weighted by Crippen LogP contribution is -2.12. The lowest BCUT2D eigenvalue weighted by molar-refractivity contribution is -0.384. The number of anilines is 1. The van der Waals surface area contributed by atoms with Crippen LogP contribution in [-0.4, -0.2) is 10.8 Å². The highest BCUT2D eigenvalue weighted by Gasteiger charge is 2.14. The van der Waals surface area contributed by atoms with Crippen LogP contribution in [0.5, 0.6) is 0 Å². The maximum Gasteiger partial charge on any atom is 0.271 e. The summed E-state index contributed by atoms with van der Waals surface area (Å²) in [5, 5.41) is 13.6. The first-order chi connectivity index (χ1) is 9.86. The standard InChI is InChI=1S/C14H10Br2N2O3/c1-8-2-3-12(16)13(4-8)17-14(19)9-5-10(15)7-11(6-9)18(20)21/h2-7H,1H3,(H,17,19). The summed E-state index contributed by atoms with van der Waals surface area (Å²) in [7, 11) is 0. The average Bonchev–Trinajstić information content (AvgIpc) is 2.42. The van der Waals surface area contributed by atoms with Gasteiger partial charge in [-0.05, 0) is 46.6 Å². The molecule has 0 bridgehead atoms. The van der Waals surface area contributed by atoms with Crippen molar-refractivity contribution in [2.45, 2.75) is 6.92 Å². The van der Waals surface area contributed by atoms with E-state index in [1.165, 1.54) is 18.2 Å². The molecule has 0 radical (unpaired) electrons. The van der Waals surface area contributed by atoms with Crippen LogP contribution in [0.3, 0.4) is 0 Å². The Labute approximate surface area is 137 Å². The second-order valence-corrected chi connectivity index (χ2v) is 6.16. The van der Waals surface area contributed by atoms with Gasteiger partial charge in [0, 0.05) is 26.6 Å². The van der Waals surface area contributed by atoms with Crippen LogP contribution in [0, 0.1) is 17.0 Å². The van der Waals surface area contributed by atoms with Crippen molar-refractivity contribution in [1.29, 1.82) is 0 Å². The van der Waals surface area contributed by atoms with E-state index < -0.39 is 10.8 Å². The van der Waals surface area contributed by atoms with Crippen LogP contribution in [0.4, 0.5) is 11.4 Å². The van der Waals surface area contributed by atoms with Gasteiger partial charge in [-0.3, -0.25) is 14.9 Å². The number of rotatable bonds is 3. The molecule has 2 rings (SSSR count). The molecular weight excluding hydrogens is 404 g/mol. The Morgan fingerprint density at radius 1 is 1.19 bits per heavy atom. The van der Waals surface area contributed by atoms with Gasteiger partial charge < -0.3 is 5.32 Å². The number of amides is 1. The molecule has 108 valence electrons. The second-order valence-electron chi connectivity index (χ2n) is 4.39. The lowest BCUT2D eigenvalue weighted by Gasteiger charge is -2.08. The van der Waals surface area contributed by atoms with E-state index in [0.717, 1.165) is 10.0 Å². The summed E-state index contributed by atoms with van der Waals surface area (Å²) >= 11 is 6.52. The minimum absolute atomic E-state index is 0.141. The van der Waals surface area contributed by atoms with Crippen molar-refractivity contribution < 1.29 is 9.72 Å². The van der Waals surface area contributed by atoms with Crippen molar-refractivity contribution in [2.24, 2.45) is 0 Å². The van der Waals surface area contributed by atoms with E-state index in [-0.39, 0.29) is 11.3 Å². The zero-order chi connectivity index (χ0) is 15.6. The maximum atomic E-state index is 12.2. The molecular formula is C14H10Br2N2O3. The number of halogens is 2. The molecule has 7 heteroatoms. The predicted molar refractivity (Wildman–Crippen MR) is 87.6 cm³/mol. The van der Waals surface area contributed by atoms with E-state index in [2.05, 4.69) is 37.2 Å². The molecule has 0 fully saturated rings. The number of non-ortho nitro benzene ring substituents is 1. The molecule has 2 aromatic carbocycles. The molecule has 0 atom stereocenters. The number of carbonyl (C=O) groups is 1. The summed E-state index contributed by atoms with van der Waals surface area (Å²) in [6.45, 7) is 1.91. The zero-order valence-corrected chi connectivity index (χ0v) is 14.1. The van der Waals surface area contributed by atoms with E-state index in [0.29, 0.717) is 10.2 Å². The van der Waals surface area contributed by atoms with Gasteiger partial charge in [0.15, 0.2) is 0 Å². The summed E-state index contributed by atoms with van der Waals surface area (Å²) in [5.41, 5.74) is 1.68. The van der Waals surface area contributed by atoms with Crippen LogP contribution in [0.15, 0.2) is 45.3 Å². The fourth-order valence-electron chi connectivity index (χ4n) is 1.74. The molecule has 2 aromatic rings. The van der Waals surface area contributed by atoms with Gasteiger partial charge in [-0.15, -0.1) is 0 Å². The zero-order valence-electron chi connectivity index (χ0n) is 10.9. The van der Waals surface area contributed by atoms with Crippen LogP contribution < -0.4 is 5.32 Å². The number of nitrogens with zero attached hydrogens (tertiary/aromatic N) is 1. The molecule has 0 unspecified atom stereocenters. The van der Waals surface area contributed by atoms with E-state index in [4.69, 9.17) is 0 Å². The molecule has 0 aromatic heterocycles. The highest BCUT2D eigenvalue weighted by molar-refractivity contribution is 9.10. The average molecular weight is 414 g/mol. The quantitative estimate of drug-likeness (QED) is 0.586. The number of hydrogen-bond acceptors (Lipinski definition) is 3. The van der Waals surface area contributed by atoms with Gasteiger partial charge in [0.2, 0.25) is 0 Å². The highest BCUT2D eigenvalue weighted by Crippen LogP contribution is 2.26. The smallest absolute Gasteiger partial charge is 0.271 e. The fraction of sp³-hybridized carbons (Fsp3) is 0.0714. The summed E-state index contributed by atoms with van der Waals surface area (Å²) < 4.78 is 1.22. The van der Waals surface area contributed by atoms with Crippen molar-refractivity contribution >= 4 is 49.1 Å². The lowest BCUT2D eigenvalue weighted by atomic mass is 10.1. The first-order valence-corrected chi connectivity index (χ1v) is 7.48. The van der Waals surface area contributed by atoms with Crippen LogP contribution in [0.2, 0.25) is 0 Å². The molecule has 5 nitrogen and oxygen atoms in total. The highest BCUT2D eigenvalue weighted by atomic mass is 79.9. The van der Waals surface area contributed by atoms with Crippen molar-refractivity contribution in [3.8, 4) is 0 Å². The van der Waals surface area contributed by atoms with E-state index in [9.17, 15) is 14.9 Å². The van der Waals surface area contributed by atoms with Crippen LogP contribution in [0.25, 0.3) is 0 Å². The minimum atomic E-state index is -0.538. The minimum Gasteiger partial charge on any atom is -0.321 e. The number of nitro groups is 1. The first-order valence-electron chi connectivity index (χ1n) is 5.89. The van der Waals surface area contributed by atoms with Gasteiger partial charge in [-0.2, -0.15) is 0 Å². The van der Waals surface area contributed by atoms with Gasteiger partial charge in [-0.1, -0.05) is 22.0 Å². The Kier molecular flexibility index (Phi) is 4.74. The largest absolute Gasteiger partial charge is 0.321 e. The van der Waals surface area contributed by atoms with Gasteiger partial charge in [0.05, 0.1) is 10.6 Å². The summed E-state index contributed by atoms with van der Waals surface area (Å²) in [6.07, 6.45) is 0. The molecule has 0 saturated heterocycles.